The maximum Gasteiger partial charge on any atom is 0.221 e. The molecule has 1 amide bonds. The van der Waals surface area contributed by atoms with Crippen molar-refractivity contribution in [2.75, 3.05) is 0 Å². The summed E-state index contributed by atoms with van der Waals surface area (Å²) in [6, 6.07) is 0.367. The molecule has 0 saturated heterocycles. The summed E-state index contributed by atoms with van der Waals surface area (Å²) in [5.74, 6) is 0.818. The quantitative estimate of drug-likeness (QED) is 0.744. The third kappa shape index (κ3) is 3.82. The van der Waals surface area contributed by atoms with Gasteiger partial charge in [-0.25, -0.2) is 0 Å². The summed E-state index contributed by atoms with van der Waals surface area (Å²) in [5, 5.41) is 3.04. The van der Waals surface area contributed by atoms with Crippen LogP contribution in [0.5, 0.6) is 0 Å². The molecule has 1 rings (SSSR count). The molecular weight excluding hydrogens is 188 g/mol. The second-order valence-corrected chi connectivity index (χ2v) is 5.75. The van der Waals surface area contributed by atoms with Crippen LogP contribution in [0.2, 0.25) is 0 Å². The predicted octanol–water partition coefficient (Wildman–Crippen LogP) is 1.66. The largest absolute Gasteiger partial charge is 0.353 e. The molecule has 3 atom stereocenters. The van der Waals surface area contributed by atoms with Gasteiger partial charge >= 0.3 is 0 Å². The van der Waals surface area contributed by atoms with Crippen molar-refractivity contribution in [1.82, 2.24) is 5.32 Å². The van der Waals surface area contributed by atoms with Crippen LogP contribution in [0.25, 0.3) is 0 Å². The van der Waals surface area contributed by atoms with Gasteiger partial charge in [-0.3, -0.25) is 4.79 Å². The summed E-state index contributed by atoms with van der Waals surface area (Å²) < 4.78 is 0. The number of nitrogens with two attached hydrogens (primary N) is 1. The van der Waals surface area contributed by atoms with E-state index in [-0.39, 0.29) is 17.4 Å². The fraction of sp³-hybridized carbons (Fsp3) is 0.917. The Labute approximate surface area is 92.8 Å². The van der Waals surface area contributed by atoms with E-state index >= 15 is 0 Å². The summed E-state index contributed by atoms with van der Waals surface area (Å²) in [6.07, 6.45) is 2.75. The molecule has 1 saturated carbocycles. The molecule has 1 aliphatic rings. The maximum absolute atomic E-state index is 11.6. The Bertz CT molecular complexity index is 232. The summed E-state index contributed by atoms with van der Waals surface area (Å²) in [6.45, 7) is 8.36. The Morgan fingerprint density at radius 3 is 2.53 bits per heavy atom. The van der Waals surface area contributed by atoms with Crippen LogP contribution in [0.1, 0.15) is 47.0 Å². The normalized spacial score (nSPS) is 27.3. The van der Waals surface area contributed by atoms with Crippen molar-refractivity contribution in [1.29, 1.82) is 0 Å². The number of rotatable bonds is 4. The molecule has 3 nitrogen and oxygen atoms in total. The Kier molecular flexibility index (Phi) is 3.77. The fourth-order valence-corrected chi connectivity index (χ4v) is 1.65. The number of amides is 1. The van der Waals surface area contributed by atoms with Gasteiger partial charge in [0.2, 0.25) is 5.91 Å². The molecule has 3 heteroatoms. The molecule has 15 heavy (non-hydrogen) atoms. The molecule has 3 unspecified atom stereocenters. The Morgan fingerprint density at radius 2 is 2.13 bits per heavy atom. The van der Waals surface area contributed by atoms with Gasteiger partial charge in [0.25, 0.3) is 0 Å². The van der Waals surface area contributed by atoms with E-state index in [0.29, 0.717) is 18.4 Å². The van der Waals surface area contributed by atoms with Crippen LogP contribution in [-0.2, 0) is 4.79 Å². The van der Waals surface area contributed by atoms with Crippen LogP contribution >= 0.6 is 0 Å². The lowest BCUT2D eigenvalue weighted by atomic mass is 9.85. The third-order valence-corrected chi connectivity index (χ3v) is 3.31. The summed E-state index contributed by atoms with van der Waals surface area (Å²) in [5.41, 5.74) is 5.96. The molecular formula is C12H24N2O. The summed E-state index contributed by atoms with van der Waals surface area (Å²) in [7, 11) is 0. The molecule has 0 heterocycles. The van der Waals surface area contributed by atoms with Crippen LogP contribution in [0.3, 0.4) is 0 Å². The SMILES string of the molecule is CCC1CC1NC(=O)CC(N)C(C)(C)C. The highest BCUT2D eigenvalue weighted by Crippen LogP contribution is 2.33. The molecule has 0 bridgehead atoms. The van der Waals surface area contributed by atoms with E-state index in [0.717, 1.165) is 12.8 Å². The minimum atomic E-state index is -0.0590. The molecule has 3 N–H and O–H groups in total. The van der Waals surface area contributed by atoms with Gasteiger partial charge in [-0.2, -0.15) is 0 Å². The van der Waals surface area contributed by atoms with Crippen LogP contribution in [0.4, 0.5) is 0 Å². The van der Waals surface area contributed by atoms with Gasteiger partial charge in [-0.05, 0) is 17.8 Å². The molecule has 0 aromatic heterocycles. The number of carbonyl (C=O) groups excluding carboxylic acids is 1. The van der Waals surface area contributed by atoms with Crippen LogP contribution in [0.15, 0.2) is 0 Å². The standard InChI is InChI=1S/C12H24N2O/c1-5-8-6-9(8)14-11(15)7-10(13)12(2,3)4/h8-10H,5-7,13H2,1-4H3,(H,14,15). The molecule has 1 fully saturated rings. The van der Waals surface area contributed by atoms with Gasteiger partial charge in [0.15, 0.2) is 0 Å². The average molecular weight is 212 g/mol. The first-order valence-electron chi connectivity index (χ1n) is 5.89. The van der Waals surface area contributed by atoms with Gasteiger partial charge in [0, 0.05) is 18.5 Å². The Morgan fingerprint density at radius 1 is 1.53 bits per heavy atom. The topological polar surface area (TPSA) is 55.1 Å². The van der Waals surface area contributed by atoms with Gasteiger partial charge < -0.3 is 11.1 Å². The van der Waals surface area contributed by atoms with Crippen molar-refractivity contribution in [2.45, 2.75) is 59.0 Å². The fourth-order valence-electron chi connectivity index (χ4n) is 1.65. The van der Waals surface area contributed by atoms with Crippen LogP contribution in [-0.4, -0.2) is 18.0 Å². The first kappa shape index (κ1) is 12.5. The van der Waals surface area contributed by atoms with Crippen molar-refractivity contribution in [2.24, 2.45) is 17.1 Å². The van der Waals surface area contributed by atoms with E-state index in [9.17, 15) is 4.79 Å². The Balaban J connectivity index is 2.25. The van der Waals surface area contributed by atoms with Gasteiger partial charge in [-0.1, -0.05) is 34.1 Å². The van der Waals surface area contributed by atoms with Crippen molar-refractivity contribution >= 4 is 5.91 Å². The summed E-state index contributed by atoms with van der Waals surface area (Å²) >= 11 is 0. The van der Waals surface area contributed by atoms with E-state index in [1.807, 2.05) is 0 Å². The van der Waals surface area contributed by atoms with E-state index in [1.54, 1.807) is 0 Å². The molecule has 0 aliphatic heterocycles. The highest BCUT2D eigenvalue weighted by atomic mass is 16.1. The highest BCUT2D eigenvalue weighted by molar-refractivity contribution is 5.77. The van der Waals surface area contributed by atoms with Gasteiger partial charge in [0.05, 0.1) is 0 Å². The minimum Gasteiger partial charge on any atom is -0.353 e. The number of carbonyl (C=O) groups is 1. The van der Waals surface area contributed by atoms with E-state index in [2.05, 4.69) is 33.0 Å². The first-order chi connectivity index (χ1) is 6.84. The molecule has 0 aromatic carbocycles. The zero-order chi connectivity index (χ0) is 11.6. The molecule has 1 aliphatic carbocycles. The average Bonchev–Trinajstić information content (AvgIpc) is 2.81. The van der Waals surface area contributed by atoms with E-state index in [4.69, 9.17) is 5.73 Å². The van der Waals surface area contributed by atoms with Crippen molar-refractivity contribution in [3.63, 3.8) is 0 Å². The number of hydrogen-bond acceptors (Lipinski definition) is 2. The maximum atomic E-state index is 11.6. The zero-order valence-electron chi connectivity index (χ0n) is 10.3. The molecule has 0 spiro atoms. The molecule has 88 valence electrons. The zero-order valence-corrected chi connectivity index (χ0v) is 10.3. The second-order valence-electron chi connectivity index (χ2n) is 5.75. The minimum absolute atomic E-state index is 0.00501. The molecule has 0 aromatic rings. The van der Waals surface area contributed by atoms with Crippen molar-refractivity contribution in [3.8, 4) is 0 Å². The smallest absolute Gasteiger partial charge is 0.221 e. The second kappa shape index (κ2) is 4.52. The number of nitrogens with one attached hydrogen (secondary N) is 1. The highest BCUT2D eigenvalue weighted by Gasteiger charge is 2.36. The lowest BCUT2D eigenvalue weighted by molar-refractivity contribution is -0.122. The first-order valence-corrected chi connectivity index (χ1v) is 5.89. The van der Waals surface area contributed by atoms with E-state index in [1.165, 1.54) is 0 Å². The Hall–Kier alpha value is -0.570. The predicted molar refractivity (Wildman–Crippen MR) is 62.4 cm³/mol. The van der Waals surface area contributed by atoms with E-state index < -0.39 is 0 Å². The lowest BCUT2D eigenvalue weighted by Crippen LogP contribution is -2.40. The summed E-state index contributed by atoms with van der Waals surface area (Å²) in [4.78, 5) is 11.6. The number of hydrogen-bond donors (Lipinski definition) is 2. The van der Waals surface area contributed by atoms with Crippen molar-refractivity contribution in [3.05, 3.63) is 0 Å². The van der Waals surface area contributed by atoms with Gasteiger partial charge in [0.1, 0.15) is 0 Å². The van der Waals surface area contributed by atoms with Crippen LogP contribution < -0.4 is 11.1 Å². The van der Waals surface area contributed by atoms with Gasteiger partial charge in [-0.15, -0.1) is 0 Å². The molecule has 0 radical (unpaired) electrons. The monoisotopic (exact) mass is 212 g/mol. The third-order valence-electron chi connectivity index (χ3n) is 3.31. The van der Waals surface area contributed by atoms with Crippen molar-refractivity contribution < 1.29 is 4.79 Å². The lowest BCUT2D eigenvalue weighted by Gasteiger charge is -2.26. The van der Waals surface area contributed by atoms with Crippen LogP contribution in [0, 0.1) is 11.3 Å².